The van der Waals surface area contributed by atoms with E-state index < -0.39 is 24.3 Å². The molecule has 0 bridgehead atoms. The van der Waals surface area contributed by atoms with Crippen LogP contribution in [-0.2, 0) is 33.3 Å². The Bertz CT molecular complexity index is 1760. The van der Waals surface area contributed by atoms with Gasteiger partial charge in [0.1, 0.15) is 13.2 Å². The Labute approximate surface area is 524 Å². The van der Waals surface area contributed by atoms with Gasteiger partial charge >= 0.3 is 11.9 Å². The second kappa shape index (κ2) is 65.9. The normalized spacial score (nSPS) is 13.4. The van der Waals surface area contributed by atoms with Crippen molar-refractivity contribution < 1.29 is 42.9 Å². The molecular weight excluding hydrogens is 1050 g/mol. The summed E-state index contributed by atoms with van der Waals surface area (Å²) in [6, 6.07) is 0. The molecule has 0 saturated heterocycles. The topological polar surface area (TPSA) is 111 Å². The maximum atomic E-state index is 12.9. The number of carboxylic acid groups (broad SMARTS) is 1. The van der Waals surface area contributed by atoms with Gasteiger partial charge in [-0.15, -0.1) is 0 Å². The van der Waals surface area contributed by atoms with Crippen molar-refractivity contribution in [2.45, 2.75) is 309 Å². The zero-order valence-corrected chi connectivity index (χ0v) is 55.7. The minimum Gasteiger partial charge on any atom is -0.545 e. The number of hydrogen-bond acceptors (Lipinski definition) is 8. The molecule has 9 heteroatoms. The maximum absolute atomic E-state index is 12.9. The minimum absolute atomic E-state index is 0.145. The van der Waals surface area contributed by atoms with Crippen molar-refractivity contribution in [3.63, 3.8) is 0 Å². The number of carboxylic acids is 1. The zero-order valence-electron chi connectivity index (χ0n) is 55.7. The predicted molar refractivity (Wildman–Crippen MR) is 361 cm³/mol. The van der Waals surface area contributed by atoms with Crippen molar-refractivity contribution in [1.29, 1.82) is 0 Å². The fraction of sp³-hybridized carbons (Fsp3) is 0.724. The quantitative estimate of drug-likeness (QED) is 0.0195. The number of rotatable bonds is 64. The van der Waals surface area contributed by atoms with Crippen LogP contribution in [0.4, 0.5) is 0 Å². The lowest BCUT2D eigenvalue weighted by molar-refractivity contribution is -0.870. The number of likely N-dealkylation sites (N-methyl/N-ethyl adjacent to an activating group) is 1. The third kappa shape index (κ3) is 67.3. The number of ether oxygens (including phenoxy) is 4. The average molecular weight is 1190 g/mol. The summed E-state index contributed by atoms with van der Waals surface area (Å²) in [5.41, 5.74) is 0. The Morgan fingerprint density at radius 1 is 0.353 bits per heavy atom. The second-order valence-electron chi connectivity index (χ2n) is 24.4. The van der Waals surface area contributed by atoms with Crippen molar-refractivity contribution in [1.82, 2.24) is 0 Å². The number of hydrogen-bond donors (Lipinski definition) is 0. The summed E-state index contributed by atoms with van der Waals surface area (Å²) in [6.07, 6.45) is 88.8. The molecule has 0 aromatic carbocycles. The van der Waals surface area contributed by atoms with E-state index in [9.17, 15) is 19.5 Å². The highest BCUT2D eigenvalue weighted by Gasteiger charge is 2.22. The van der Waals surface area contributed by atoms with E-state index >= 15 is 0 Å². The minimum atomic E-state index is -1.63. The van der Waals surface area contributed by atoms with Gasteiger partial charge in [-0.3, -0.25) is 9.59 Å². The first-order valence-corrected chi connectivity index (χ1v) is 35.0. The van der Waals surface area contributed by atoms with Gasteiger partial charge in [0.25, 0.3) is 0 Å². The molecule has 0 amide bonds. The van der Waals surface area contributed by atoms with Gasteiger partial charge in [0.15, 0.2) is 12.4 Å². The Balaban J connectivity index is 4.10. The summed E-state index contributed by atoms with van der Waals surface area (Å²) in [6.45, 7) is 4.55. The molecule has 0 spiro atoms. The smallest absolute Gasteiger partial charge is 0.306 e. The lowest BCUT2D eigenvalue weighted by Gasteiger charge is -2.26. The Morgan fingerprint density at radius 3 is 0.941 bits per heavy atom. The highest BCUT2D eigenvalue weighted by Crippen LogP contribution is 2.18. The van der Waals surface area contributed by atoms with Crippen molar-refractivity contribution >= 4 is 17.9 Å². The number of allylic oxidation sites excluding steroid dienone is 18. The van der Waals surface area contributed by atoms with Crippen LogP contribution in [0.25, 0.3) is 0 Å². The molecule has 0 aliphatic carbocycles. The van der Waals surface area contributed by atoms with Crippen LogP contribution in [0.2, 0.25) is 0 Å². The molecule has 0 aliphatic heterocycles. The monoisotopic (exact) mass is 1190 g/mol. The molecule has 0 saturated carbocycles. The molecule has 0 aliphatic rings. The summed E-state index contributed by atoms with van der Waals surface area (Å²) >= 11 is 0. The van der Waals surface area contributed by atoms with E-state index in [1.54, 1.807) is 0 Å². The molecule has 0 fully saturated rings. The summed E-state index contributed by atoms with van der Waals surface area (Å²) in [5.74, 6) is -2.28. The first kappa shape index (κ1) is 81.0. The Kier molecular flexibility index (Phi) is 62.8. The number of nitrogens with zero attached hydrogens (tertiary/aromatic N) is 1. The third-order valence-electron chi connectivity index (χ3n) is 15.0. The maximum Gasteiger partial charge on any atom is 0.306 e. The van der Waals surface area contributed by atoms with Crippen LogP contribution in [0, 0.1) is 0 Å². The molecule has 2 atom stereocenters. The van der Waals surface area contributed by atoms with Gasteiger partial charge in [-0.2, -0.15) is 0 Å². The molecule has 0 N–H and O–H groups in total. The predicted octanol–water partition coefficient (Wildman–Crippen LogP) is 20.5. The number of quaternary nitrogens is 1. The van der Waals surface area contributed by atoms with E-state index in [-0.39, 0.29) is 38.6 Å². The Morgan fingerprint density at radius 2 is 0.635 bits per heavy atom. The lowest BCUT2D eigenvalue weighted by atomic mass is 10.0. The van der Waals surface area contributed by atoms with Crippen LogP contribution in [-0.4, -0.2) is 82.3 Å². The molecule has 0 radical (unpaired) electrons. The fourth-order valence-corrected chi connectivity index (χ4v) is 9.73. The first-order valence-electron chi connectivity index (χ1n) is 35.0. The molecule has 0 aromatic heterocycles. The summed E-state index contributed by atoms with van der Waals surface area (Å²) in [5, 5.41) is 11.8. The molecule has 9 nitrogen and oxygen atoms in total. The standard InChI is InChI=1S/C76H131NO8/c1-6-8-10-12-14-16-18-20-22-24-26-28-30-32-34-36-37-39-40-42-44-46-48-50-52-54-56-58-60-62-64-66-73(78)83-70-72(71-84-76(75(80)81)82-69-68-77(3,4)5)85-74(79)67-65-63-61-59-57-55-53-51-49-47-45-43-41-38-35-33-31-29-27-25-23-21-19-17-15-13-11-9-7-2/h8-11,14-17,20-23,26-29,33,35,72,76H,6-7,12-13,18-19,24-25,30-32,34,36-71H2,1-5H3/b10-8-,11-9-,16-14-,17-15-,22-20-,23-21-,28-26-,29-27-,35-33-. The van der Waals surface area contributed by atoms with Crippen molar-refractivity contribution in [3.05, 3.63) is 109 Å². The molecule has 0 heterocycles. The fourth-order valence-electron chi connectivity index (χ4n) is 9.73. The SMILES string of the molecule is CC/C=C\C/C=C\C/C=C\C/C=C\C/C=C\CCCCCCCCCCCCCCCC(=O)OC(COC(=O)CCCCCCCCCCCCCCCCCCCC/C=C\C/C=C\C/C=C\C/C=C\CC)COC(OCC[N+](C)(C)C)C(=O)[O-]. The van der Waals surface area contributed by atoms with Crippen molar-refractivity contribution in [2.24, 2.45) is 0 Å². The van der Waals surface area contributed by atoms with Gasteiger partial charge < -0.3 is 33.3 Å². The number of esters is 2. The van der Waals surface area contributed by atoms with Gasteiger partial charge in [0.05, 0.1) is 40.3 Å². The zero-order chi connectivity index (χ0) is 61.9. The molecule has 85 heavy (non-hydrogen) atoms. The molecule has 2 unspecified atom stereocenters. The van der Waals surface area contributed by atoms with Crippen LogP contribution in [0.3, 0.4) is 0 Å². The van der Waals surface area contributed by atoms with E-state index in [1.807, 2.05) is 21.1 Å². The van der Waals surface area contributed by atoms with Gasteiger partial charge in [0.2, 0.25) is 0 Å². The van der Waals surface area contributed by atoms with E-state index in [0.29, 0.717) is 17.4 Å². The van der Waals surface area contributed by atoms with E-state index in [1.165, 1.54) is 167 Å². The molecule has 0 rings (SSSR count). The molecule has 0 aromatic rings. The number of unbranched alkanes of at least 4 members (excludes halogenated alkanes) is 31. The average Bonchev–Trinajstić information content (AvgIpc) is 3.48. The third-order valence-corrected chi connectivity index (χ3v) is 15.0. The summed E-state index contributed by atoms with van der Waals surface area (Å²) < 4.78 is 22.8. The van der Waals surface area contributed by atoms with Gasteiger partial charge in [-0.25, -0.2) is 0 Å². The van der Waals surface area contributed by atoms with Gasteiger partial charge in [-0.05, 0) is 96.3 Å². The highest BCUT2D eigenvalue weighted by atomic mass is 16.7. The van der Waals surface area contributed by atoms with E-state index in [4.69, 9.17) is 18.9 Å². The van der Waals surface area contributed by atoms with Crippen molar-refractivity contribution in [2.75, 3.05) is 47.5 Å². The lowest BCUT2D eigenvalue weighted by Crippen LogP contribution is -2.44. The Hall–Kier alpha value is -4.05. The largest absolute Gasteiger partial charge is 0.545 e. The van der Waals surface area contributed by atoms with Gasteiger partial charge in [0, 0.05) is 12.8 Å². The van der Waals surface area contributed by atoms with Crippen LogP contribution < -0.4 is 5.11 Å². The second-order valence-corrected chi connectivity index (χ2v) is 24.4. The van der Waals surface area contributed by atoms with Gasteiger partial charge in [-0.1, -0.05) is 297 Å². The first-order chi connectivity index (χ1) is 41.6. The molecule has 488 valence electrons. The summed E-state index contributed by atoms with van der Waals surface area (Å²) in [4.78, 5) is 37.5. The molecular formula is C76H131NO8. The summed E-state index contributed by atoms with van der Waals surface area (Å²) in [7, 11) is 5.93. The van der Waals surface area contributed by atoms with Crippen LogP contribution in [0.1, 0.15) is 296 Å². The van der Waals surface area contributed by atoms with Crippen molar-refractivity contribution in [3.8, 4) is 0 Å². The van der Waals surface area contributed by atoms with E-state index in [0.717, 1.165) is 96.3 Å². The van der Waals surface area contributed by atoms with Crippen LogP contribution in [0.15, 0.2) is 109 Å². The van der Waals surface area contributed by atoms with Crippen LogP contribution in [0.5, 0.6) is 0 Å². The number of carbonyl (C=O) groups is 3. The highest BCUT2D eigenvalue weighted by molar-refractivity contribution is 5.70. The number of aliphatic carboxylic acids is 1. The van der Waals surface area contributed by atoms with E-state index in [2.05, 4.69) is 123 Å². The number of carbonyl (C=O) groups excluding carboxylic acids is 3. The van der Waals surface area contributed by atoms with Crippen LogP contribution >= 0.6 is 0 Å².